The summed E-state index contributed by atoms with van der Waals surface area (Å²) >= 11 is 0. The summed E-state index contributed by atoms with van der Waals surface area (Å²) in [7, 11) is 0. The summed E-state index contributed by atoms with van der Waals surface area (Å²) in [6.07, 6.45) is 11.5. The predicted molar refractivity (Wildman–Crippen MR) is 138 cm³/mol. The van der Waals surface area contributed by atoms with E-state index in [1.165, 1.54) is 36.0 Å². The fourth-order valence-corrected chi connectivity index (χ4v) is 4.65. The van der Waals surface area contributed by atoms with E-state index in [9.17, 15) is 4.79 Å². The number of hydrogen-bond donors (Lipinski definition) is 2. The molecule has 0 unspecified atom stereocenters. The number of aryl methyl sites for hydroxylation is 4. The highest BCUT2D eigenvalue weighted by Crippen LogP contribution is 2.30. The molecule has 1 amide bonds. The van der Waals surface area contributed by atoms with Gasteiger partial charge in [0.1, 0.15) is 5.49 Å². The van der Waals surface area contributed by atoms with Crippen LogP contribution in [0.25, 0.3) is 11.3 Å². The van der Waals surface area contributed by atoms with E-state index >= 15 is 0 Å². The van der Waals surface area contributed by atoms with Crippen LogP contribution in [-0.2, 0) is 24.2 Å². The van der Waals surface area contributed by atoms with Crippen LogP contribution in [0.3, 0.4) is 0 Å². The SMILES string of the molecule is Cc1ccc(NC(=O)CCCCCCCCCCn2nc3c(cc2=N)CCc2ccccc2-3)nn1. The van der Waals surface area contributed by atoms with Crippen molar-refractivity contribution in [2.45, 2.75) is 84.1 Å². The van der Waals surface area contributed by atoms with Gasteiger partial charge in [-0.2, -0.15) is 10.2 Å². The van der Waals surface area contributed by atoms with Crippen LogP contribution >= 0.6 is 0 Å². The van der Waals surface area contributed by atoms with E-state index in [0.29, 0.717) is 17.7 Å². The Kier molecular flexibility index (Phi) is 8.76. The summed E-state index contributed by atoms with van der Waals surface area (Å²) in [6, 6.07) is 14.1. The number of carbonyl (C=O) groups excluding carboxylic acids is 1. The molecule has 184 valence electrons. The van der Waals surface area contributed by atoms with Crippen LogP contribution in [-0.4, -0.2) is 25.9 Å². The molecule has 7 heteroatoms. The Morgan fingerprint density at radius 1 is 0.914 bits per heavy atom. The number of anilines is 1. The highest BCUT2D eigenvalue weighted by molar-refractivity contribution is 5.89. The molecule has 0 radical (unpaired) electrons. The van der Waals surface area contributed by atoms with Gasteiger partial charge in [-0.1, -0.05) is 62.8 Å². The van der Waals surface area contributed by atoms with Gasteiger partial charge in [-0.15, -0.1) is 5.10 Å². The number of rotatable bonds is 12. The second kappa shape index (κ2) is 12.4. The largest absolute Gasteiger partial charge is 0.309 e. The topological polar surface area (TPSA) is 96.6 Å². The lowest BCUT2D eigenvalue weighted by molar-refractivity contribution is -0.116. The Morgan fingerprint density at radius 2 is 1.63 bits per heavy atom. The first-order chi connectivity index (χ1) is 17.1. The van der Waals surface area contributed by atoms with Gasteiger partial charge < -0.3 is 5.32 Å². The number of carbonyl (C=O) groups is 1. The fraction of sp³-hybridized carbons (Fsp3) is 0.464. The van der Waals surface area contributed by atoms with Gasteiger partial charge in [-0.25, -0.2) is 4.68 Å². The first-order valence-corrected chi connectivity index (χ1v) is 12.9. The van der Waals surface area contributed by atoms with Crippen LogP contribution in [0, 0.1) is 12.3 Å². The molecule has 2 N–H and O–H groups in total. The van der Waals surface area contributed by atoms with Crippen molar-refractivity contribution in [1.29, 1.82) is 5.41 Å². The molecule has 1 aliphatic rings. The molecule has 2 heterocycles. The van der Waals surface area contributed by atoms with Gasteiger partial charge in [0.15, 0.2) is 5.82 Å². The number of nitrogens with one attached hydrogen (secondary N) is 2. The summed E-state index contributed by atoms with van der Waals surface area (Å²) in [4.78, 5) is 12.0. The molecule has 0 saturated carbocycles. The summed E-state index contributed by atoms with van der Waals surface area (Å²) in [6.45, 7) is 2.67. The van der Waals surface area contributed by atoms with Crippen molar-refractivity contribution < 1.29 is 4.79 Å². The van der Waals surface area contributed by atoms with Crippen molar-refractivity contribution in [3.8, 4) is 11.3 Å². The summed E-state index contributed by atoms with van der Waals surface area (Å²) in [5, 5.41) is 23.9. The van der Waals surface area contributed by atoms with Gasteiger partial charge >= 0.3 is 0 Å². The van der Waals surface area contributed by atoms with Crippen LogP contribution < -0.4 is 10.8 Å². The lowest BCUT2D eigenvalue weighted by atomic mass is 9.89. The molecule has 0 spiro atoms. The zero-order valence-corrected chi connectivity index (χ0v) is 20.7. The second-order valence-corrected chi connectivity index (χ2v) is 9.47. The van der Waals surface area contributed by atoms with Crippen molar-refractivity contribution in [2.75, 3.05) is 5.32 Å². The molecule has 4 rings (SSSR count). The van der Waals surface area contributed by atoms with Crippen LogP contribution in [0.1, 0.15) is 74.6 Å². The lowest BCUT2D eigenvalue weighted by Crippen LogP contribution is -2.25. The highest BCUT2D eigenvalue weighted by Gasteiger charge is 2.18. The minimum absolute atomic E-state index is 0.00805. The molecule has 0 saturated heterocycles. The van der Waals surface area contributed by atoms with Crippen molar-refractivity contribution in [2.24, 2.45) is 0 Å². The Labute approximate surface area is 207 Å². The minimum atomic E-state index is 0.00805. The average Bonchev–Trinajstić information content (AvgIpc) is 2.86. The van der Waals surface area contributed by atoms with Gasteiger partial charge in [-0.05, 0) is 61.9 Å². The number of aromatic nitrogens is 4. The zero-order valence-electron chi connectivity index (χ0n) is 20.7. The van der Waals surface area contributed by atoms with Crippen LogP contribution in [0.5, 0.6) is 0 Å². The quantitative estimate of drug-likeness (QED) is 0.346. The van der Waals surface area contributed by atoms with E-state index in [1.807, 2.05) is 23.7 Å². The van der Waals surface area contributed by atoms with Crippen molar-refractivity contribution in [3.63, 3.8) is 0 Å². The monoisotopic (exact) mass is 472 g/mol. The average molecular weight is 473 g/mol. The molecule has 0 fully saturated rings. The van der Waals surface area contributed by atoms with Crippen LogP contribution in [0.4, 0.5) is 5.82 Å². The molecular formula is C28H36N6O. The third kappa shape index (κ3) is 7.07. The van der Waals surface area contributed by atoms with E-state index in [-0.39, 0.29) is 5.91 Å². The van der Waals surface area contributed by atoms with Crippen LogP contribution in [0.2, 0.25) is 0 Å². The molecule has 2 aromatic heterocycles. The molecular weight excluding hydrogens is 436 g/mol. The molecule has 0 bridgehead atoms. The van der Waals surface area contributed by atoms with E-state index in [1.54, 1.807) is 6.07 Å². The zero-order chi connectivity index (χ0) is 24.5. The van der Waals surface area contributed by atoms with E-state index in [2.05, 4.69) is 39.8 Å². The standard InChI is InChI=1S/C28H36N6O/c1-21-15-18-26(32-31-21)30-27(35)14-8-6-4-2-3-5-7-11-19-34-25(29)20-23-17-16-22-12-9-10-13-24(22)28(23)33-34/h9-10,12-13,15,18,20,29H,2-8,11,14,16-17,19H2,1H3,(H,30,32,35). The maximum absolute atomic E-state index is 12.0. The van der Waals surface area contributed by atoms with E-state index < -0.39 is 0 Å². The third-order valence-corrected chi connectivity index (χ3v) is 6.64. The Hall–Kier alpha value is -3.35. The summed E-state index contributed by atoms with van der Waals surface area (Å²) in [5.41, 5.74) is 6.20. The predicted octanol–water partition coefficient (Wildman–Crippen LogP) is 5.38. The third-order valence-electron chi connectivity index (χ3n) is 6.64. The van der Waals surface area contributed by atoms with Gasteiger partial charge in [0, 0.05) is 18.5 Å². The van der Waals surface area contributed by atoms with Crippen LogP contribution in [0.15, 0.2) is 42.5 Å². The minimum Gasteiger partial charge on any atom is -0.309 e. The van der Waals surface area contributed by atoms with Gasteiger partial charge in [-0.3, -0.25) is 10.2 Å². The first kappa shape index (κ1) is 24.8. The highest BCUT2D eigenvalue weighted by atomic mass is 16.1. The van der Waals surface area contributed by atoms with Crippen molar-refractivity contribution in [3.05, 3.63) is 64.8 Å². The molecule has 3 aromatic rings. The number of fused-ring (bicyclic) bond motifs is 3. The molecule has 35 heavy (non-hydrogen) atoms. The van der Waals surface area contributed by atoms with Gasteiger partial charge in [0.25, 0.3) is 0 Å². The summed E-state index contributed by atoms with van der Waals surface area (Å²) < 4.78 is 1.87. The molecule has 7 nitrogen and oxygen atoms in total. The Bertz CT molecular complexity index is 1180. The molecule has 1 aromatic carbocycles. The van der Waals surface area contributed by atoms with Crippen molar-refractivity contribution in [1.82, 2.24) is 20.0 Å². The maximum atomic E-state index is 12.0. The second-order valence-electron chi connectivity index (χ2n) is 9.47. The molecule has 1 aliphatic carbocycles. The van der Waals surface area contributed by atoms with E-state index in [4.69, 9.17) is 10.5 Å². The van der Waals surface area contributed by atoms with Gasteiger partial charge in [0.2, 0.25) is 5.91 Å². The number of nitrogens with zero attached hydrogens (tertiary/aromatic N) is 4. The molecule has 0 aliphatic heterocycles. The smallest absolute Gasteiger partial charge is 0.225 e. The number of hydrogen-bond acceptors (Lipinski definition) is 5. The number of benzene rings is 1. The molecule has 0 atom stereocenters. The lowest BCUT2D eigenvalue weighted by Gasteiger charge is -2.20. The fourth-order valence-electron chi connectivity index (χ4n) is 4.65. The first-order valence-electron chi connectivity index (χ1n) is 12.9. The number of unbranched alkanes of at least 4 members (excludes halogenated alkanes) is 7. The Morgan fingerprint density at radius 3 is 2.40 bits per heavy atom. The van der Waals surface area contributed by atoms with Crippen molar-refractivity contribution >= 4 is 11.7 Å². The summed E-state index contributed by atoms with van der Waals surface area (Å²) in [5.74, 6) is 0.528. The van der Waals surface area contributed by atoms with E-state index in [0.717, 1.165) is 62.9 Å². The number of amides is 1. The maximum Gasteiger partial charge on any atom is 0.225 e. The van der Waals surface area contributed by atoms with Gasteiger partial charge in [0.05, 0.1) is 11.4 Å². The Balaban J connectivity index is 1.08. The normalized spacial score (nSPS) is 12.1.